The SMILES string of the molecule is CCO.ONc1cc2ccc1o2. The van der Waals surface area contributed by atoms with Crippen LogP contribution in [-0.2, 0) is 0 Å². The Labute approximate surface area is 69.7 Å². The van der Waals surface area contributed by atoms with Crippen LogP contribution in [0.1, 0.15) is 6.92 Å². The average molecular weight is 169 g/mol. The summed E-state index contributed by atoms with van der Waals surface area (Å²) in [5, 5.41) is 16.0. The first-order chi connectivity index (χ1) is 5.81. The smallest absolute Gasteiger partial charge is 0.153 e. The van der Waals surface area contributed by atoms with Crippen LogP contribution in [0.25, 0.3) is 11.2 Å². The van der Waals surface area contributed by atoms with E-state index < -0.39 is 0 Å². The molecule has 3 N–H and O–H groups in total. The van der Waals surface area contributed by atoms with E-state index in [2.05, 4.69) is 0 Å². The number of anilines is 1. The van der Waals surface area contributed by atoms with E-state index in [4.69, 9.17) is 14.7 Å². The highest BCUT2D eigenvalue weighted by Gasteiger charge is 2.03. The van der Waals surface area contributed by atoms with E-state index in [9.17, 15) is 0 Å². The van der Waals surface area contributed by atoms with Crippen molar-refractivity contribution in [1.82, 2.24) is 0 Å². The number of benzene rings is 1. The molecule has 0 spiro atoms. The van der Waals surface area contributed by atoms with Gasteiger partial charge in [0.2, 0.25) is 0 Å². The van der Waals surface area contributed by atoms with E-state index in [1.165, 1.54) is 0 Å². The highest BCUT2D eigenvalue weighted by atomic mass is 16.5. The number of hydrogen-bond acceptors (Lipinski definition) is 4. The summed E-state index contributed by atoms with van der Waals surface area (Å²) in [6.45, 7) is 1.93. The summed E-state index contributed by atoms with van der Waals surface area (Å²) >= 11 is 0. The van der Waals surface area contributed by atoms with Crippen molar-refractivity contribution in [3.63, 3.8) is 0 Å². The molecule has 0 saturated heterocycles. The summed E-state index contributed by atoms with van der Waals surface area (Å²) in [7, 11) is 0. The second-order valence-electron chi connectivity index (χ2n) is 2.19. The Hall–Kier alpha value is -1.26. The molecule has 2 rings (SSSR count). The van der Waals surface area contributed by atoms with E-state index in [0.29, 0.717) is 11.3 Å². The zero-order chi connectivity index (χ0) is 8.97. The molecule has 0 fully saturated rings. The maximum absolute atomic E-state index is 8.42. The van der Waals surface area contributed by atoms with Gasteiger partial charge >= 0.3 is 0 Å². The highest BCUT2D eigenvalue weighted by Crippen LogP contribution is 2.25. The molecule has 12 heavy (non-hydrogen) atoms. The summed E-state index contributed by atoms with van der Waals surface area (Å²) in [5.41, 5.74) is 4.12. The van der Waals surface area contributed by atoms with Crippen molar-refractivity contribution in [2.75, 3.05) is 12.1 Å². The van der Waals surface area contributed by atoms with Crippen molar-refractivity contribution in [3.8, 4) is 0 Å². The maximum atomic E-state index is 8.42. The fraction of sp³-hybridized carbons (Fsp3) is 0.250. The molecule has 0 saturated carbocycles. The largest absolute Gasteiger partial charge is 0.455 e. The Bertz CT molecular complexity index is 317. The minimum Gasteiger partial charge on any atom is -0.455 e. The summed E-state index contributed by atoms with van der Waals surface area (Å²) in [5.74, 6) is 0. The van der Waals surface area contributed by atoms with E-state index in [1.54, 1.807) is 19.1 Å². The molecule has 0 amide bonds. The van der Waals surface area contributed by atoms with Crippen molar-refractivity contribution in [3.05, 3.63) is 18.2 Å². The Morgan fingerprint density at radius 2 is 2.17 bits per heavy atom. The molecular formula is C8H11NO3. The minimum atomic E-state index is 0.250. The minimum absolute atomic E-state index is 0.250. The van der Waals surface area contributed by atoms with Crippen LogP contribution in [0.15, 0.2) is 22.6 Å². The van der Waals surface area contributed by atoms with Gasteiger partial charge in [0, 0.05) is 12.7 Å². The van der Waals surface area contributed by atoms with Gasteiger partial charge in [0.1, 0.15) is 11.3 Å². The van der Waals surface area contributed by atoms with Gasteiger partial charge in [-0.3, -0.25) is 10.7 Å². The standard InChI is InChI=1S/C6H5NO2.C2H6O/c8-7-5-3-4-1-2-6(5)9-4;1-2-3/h1-3,7-8H;3H,2H2,1H3. The third kappa shape index (κ3) is 1.66. The summed E-state index contributed by atoms with van der Waals surface area (Å²) < 4.78 is 5.08. The zero-order valence-corrected chi connectivity index (χ0v) is 6.74. The number of hydrogen-bond donors (Lipinski definition) is 3. The van der Waals surface area contributed by atoms with E-state index in [1.807, 2.05) is 11.5 Å². The lowest BCUT2D eigenvalue weighted by Crippen LogP contribution is -1.85. The van der Waals surface area contributed by atoms with E-state index >= 15 is 0 Å². The average Bonchev–Trinajstić information content (AvgIpc) is 2.65. The van der Waals surface area contributed by atoms with Gasteiger partial charge in [0.05, 0.1) is 0 Å². The highest BCUT2D eigenvalue weighted by molar-refractivity contribution is 5.78. The zero-order valence-electron chi connectivity index (χ0n) is 6.74. The quantitative estimate of drug-likeness (QED) is 0.568. The van der Waals surface area contributed by atoms with Crippen molar-refractivity contribution in [2.24, 2.45) is 0 Å². The monoisotopic (exact) mass is 169 g/mol. The topological polar surface area (TPSA) is 65.6 Å². The van der Waals surface area contributed by atoms with E-state index in [0.717, 1.165) is 5.58 Å². The molecule has 0 unspecified atom stereocenters. The number of rotatable bonds is 1. The molecule has 2 aromatic heterocycles. The molecule has 0 atom stereocenters. The van der Waals surface area contributed by atoms with Crippen molar-refractivity contribution in [1.29, 1.82) is 0 Å². The lowest BCUT2D eigenvalue weighted by Gasteiger charge is -1.88. The number of aliphatic hydroxyl groups is 1. The molecule has 2 bridgehead atoms. The predicted octanol–water partition coefficient (Wildman–Crippen LogP) is 1.67. The lowest BCUT2D eigenvalue weighted by atomic mass is 10.3. The fourth-order valence-electron chi connectivity index (χ4n) is 0.876. The molecule has 4 nitrogen and oxygen atoms in total. The first kappa shape index (κ1) is 8.83. The maximum Gasteiger partial charge on any atom is 0.153 e. The van der Waals surface area contributed by atoms with Gasteiger partial charge in [-0.25, -0.2) is 0 Å². The van der Waals surface area contributed by atoms with Crippen LogP contribution < -0.4 is 5.48 Å². The summed E-state index contributed by atoms with van der Waals surface area (Å²) in [4.78, 5) is 0. The first-order valence-corrected chi connectivity index (χ1v) is 3.64. The molecule has 66 valence electrons. The Balaban J connectivity index is 0.000000213. The summed E-state index contributed by atoms with van der Waals surface area (Å²) in [6.07, 6.45) is 0. The molecule has 4 heteroatoms. The van der Waals surface area contributed by atoms with Crippen LogP contribution in [0.5, 0.6) is 0 Å². The molecule has 0 aromatic carbocycles. The van der Waals surface area contributed by atoms with Gasteiger partial charge in [-0.1, -0.05) is 0 Å². The summed E-state index contributed by atoms with van der Waals surface area (Å²) in [6, 6.07) is 5.37. The van der Waals surface area contributed by atoms with Crippen molar-refractivity contribution >= 4 is 16.9 Å². The van der Waals surface area contributed by atoms with Crippen molar-refractivity contribution < 1.29 is 14.7 Å². The lowest BCUT2D eigenvalue weighted by molar-refractivity contribution is 0.318. The second-order valence-corrected chi connectivity index (χ2v) is 2.19. The molecule has 0 aliphatic rings. The normalized spacial score (nSPS) is 9.58. The molecule has 0 radical (unpaired) electrons. The third-order valence-corrected chi connectivity index (χ3v) is 1.30. The van der Waals surface area contributed by atoms with Gasteiger partial charge in [0.15, 0.2) is 5.58 Å². The molecular weight excluding hydrogens is 158 g/mol. The number of aliphatic hydroxyl groups excluding tert-OH is 1. The van der Waals surface area contributed by atoms with Crippen LogP contribution in [-0.4, -0.2) is 16.9 Å². The molecule has 2 aromatic rings. The molecule has 0 aliphatic carbocycles. The van der Waals surface area contributed by atoms with Gasteiger partial charge < -0.3 is 9.52 Å². The van der Waals surface area contributed by atoms with Gasteiger partial charge in [0.25, 0.3) is 0 Å². The third-order valence-electron chi connectivity index (χ3n) is 1.30. The number of nitrogens with one attached hydrogen (secondary N) is 1. The molecule has 2 heterocycles. The fourth-order valence-corrected chi connectivity index (χ4v) is 0.876. The van der Waals surface area contributed by atoms with Crippen LogP contribution in [0.4, 0.5) is 5.69 Å². The van der Waals surface area contributed by atoms with Gasteiger partial charge in [-0.05, 0) is 19.1 Å². The van der Waals surface area contributed by atoms with Crippen LogP contribution in [0, 0.1) is 0 Å². The van der Waals surface area contributed by atoms with Crippen LogP contribution >= 0.6 is 0 Å². The van der Waals surface area contributed by atoms with Crippen LogP contribution in [0.2, 0.25) is 0 Å². The Kier molecular flexibility index (Phi) is 2.90. The Morgan fingerprint density at radius 1 is 1.50 bits per heavy atom. The van der Waals surface area contributed by atoms with Crippen LogP contribution in [0.3, 0.4) is 0 Å². The Morgan fingerprint density at radius 3 is 2.42 bits per heavy atom. The first-order valence-electron chi connectivity index (χ1n) is 3.64. The van der Waals surface area contributed by atoms with Gasteiger partial charge in [-0.2, -0.15) is 0 Å². The van der Waals surface area contributed by atoms with E-state index in [-0.39, 0.29) is 6.61 Å². The predicted molar refractivity (Wildman–Crippen MR) is 45.6 cm³/mol. The molecule has 0 aliphatic heterocycles. The number of furan rings is 2. The van der Waals surface area contributed by atoms with Crippen molar-refractivity contribution in [2.45, 2.75) is 6.92 Å². The second kappa shape index (κ2) is 3.94. The number of fused-ring (bicyclic) bond motifs is 2. The van der Waals surface area contributed by atoms with Gasteiger partial charge in [-0.15, -0.1) is 0 Å².